The van der Waals surface area contributed by atoms with Gasteiger partial charge < -0.3 is 122 Å². The molecule has 42 heteroatoms. The van der Waals surface area contributed by atoms with Crippen molar-refractivity contribution in [3.8, 4) is 0 Å². The molecule has 14 unspecified atom stereocenters. The molecular weight excluding hydrogens is 1450 g/mol. The number of primary amides is 2. The lowest BCUT2D eigenvalue weighted by Crippen LogP contribution is -2.61. The number of carboxylic acid groups (broad SMARTS) is 1. The van der Waals surface area contributed by atoms with Gasteiger partial charge in [0, 0.05) is 58.8 Å². The minimum Gasteiger partial charge on any atom is -0.480 e. The lowest BCUT2D eigenvalue weighted by Gasteiger charge is -2.33. The number of amides is 16. The van der Waals surface area contributed by atoms with Gasteiger partial charge in [0.15, 0.2) is 11.9 Å². The number of aliphatic hydroxyl groups is 1. The van der Waals surface area contributed by atoms with E-state index in [4.69, 9.17) is 39.5 Å². The fraction of sp³-hybridized carbons (Fsp3) is 0.725. The lowest BCUT2D eigenvalue weighted by atomic mass is 10.0. The molecule has 111 heavy (non-hydrogen) atoms. The highest BCUT2D eigenvalue weighted by molar-refractivity contribution is 6.02. The first-order valence-electron chi connectivity index (χ1n) is 38.2. The number of rotatable bonds is 38. The van der Waals surface area contributed by atoms with Crippen LogP contribution in [-0.2, 0) is 81.5 Å². The summed E-state index contributed by atoms with van der Waals surface area (Å²) in [6.07, 6.45) is 3.18. The summed E-state index contributed by atoms with van der Waals surface area (Å²) in [6.45, 7) is 4.25. The van der Waals surface area contributed by atoms with E-state index >= 15 is 0 Å². The Morgan fingerprint density at radius 3 is 1.31 bits per heavy atom. The number of hydrogen-bond donors (Lipinski definition) is 17. The molecule has 0 bridgehead atoms. The van der Waals surface area contributed by atoms with Gasteiger partial charge in [-0.15, -0.1) is 0 Å². The van der Waals surface area contributed by atoms with E-state index in [2.05, 4.69) is 57.8 Å². The fourth-order valence-corrected chi connectivity index (χ4v) is 15.4. The zero-order valence-electron chi connectivity index (χ0n) is 63.2. The van der Waals surface area contributed by atoms with Crippen molar-refractivity contribution in [2.75, 3.05) is 72.1 Å². The molecule has 7 heterocycles. The van der Waals surface area contributed by atoms with Crippen molar-refractivity contribution in [3.05, 3.63) is 0 Å². The standard InChI is InChI=1S/C69H111N23O19/c1-36(2)53(86-55(99)39(22-23-50(70)94)82-59(103)46-18-9-29-89(46)66(110)49-21-12-32-92(49)63(107)40-14-5-24-76-40)67(111)90-30-10-19-47(90)61(105)85-43(35-93)57(101)83-41(15-6-26-78-69(74)75)64(108)87-27-8-17-45(87)60(104)84-42(33-51(71)95)56(100)81-38(13-4-25-77-68(72)73)54(98)80-37(3)62(106)91-31-11-20-48(91)65(109)88-28-7-16-44(88)58(102)79-34-52(96)97/h36-49,53,76,93H,4-35H2,1-3H3,(H2,70,94)(H2,71,95)(H,79,102)(H,80,98)(H,81,100)(H,82,103)(H,83,101)(H,84,104)(H,85,105)(H,86,99)(H,96,97)(H4,72,73,77)(H4,74,75,78). The van der Waals surface area contributed by atoms with Crippen LogP contribution >= 0.6 is 0 Å². The first-order chi connectivity index (χ1) is 52.7. The predicted molar refractivity (Wildman–Crippen MR) is 393 cm³/mol. The summed E-state index contributed by atoms with van der Waals surface area (Å²) in [6, 6.07) is -17.6. The number of nitrogens with one attached hydrogen (secondary N) is 9. The Bertz CT molecular complexity index is 3510. The second kappa shape index (κ2) is 41.5. The minimum absolute atomic E-state index is 0.00616. The Morgan fingerprint density at radius 1 is 0.423 bits per heavy atom. The molecule has 0 saturated carbocycles. The number of guanidine groups is 2. The number of nitrogens with zero attached hydrogens (tertiary/aromatic N) is 8. The first-order valence-corrected chi connectivity index (χ1v) is 38.2. The summed E-state index contributed by atoms with van der Waals surface area (Å²) < 4.78 is 0. The molecule has 7 aliphatic rings. The predicted octanol–water partition coefficient (Wildman–Crippen LogP) is -8.80. The molecule has 7 fully saturated rings. The van der Waals surface area contributed by atoms with Crippen molar-refractivity contribution < 1.29 is 91.7 Å². The molecule has 42 nitrogen and oxygen atoms in total. The first kappa shape index (κ1) is 87.7. The van der Waals surface area contributed by atoms with Crippen LogP contribution in [0.15, 0.2) is 9.98 Å². The Balaban J connectivity index is 0.990. The molecule has 16 amide bonds. The maximum Gasteiger partial charge on any atom is 0.322 e. The average Bonchev–Trinajstić information content (AvgIpc) is 1.69. The van der Waals surface area contributed by atoms with E-state index in [1.807, 2.05) is 0 Å². The van der Waals surface area contributed by atoms with Gasteiger partial charge in [-0.1, -0.05) is 13.8 Å². The number of nitrogens with two attached hydrogens (primary N) is 6. The monoisotopic (exact) mass is 1570 g/mol. The summed E-state index contributed by atoms with van der Waals surface area (Å²) in [5.41, 5.74) is 33.3. The van der Waals surface area contributed by atoms with Gasteiger partial charge in [-0.05, 0) is 141 Å². The molecule has 0 aromatic carbocycles. The van der Waals surface area contributed by atoms with Gasteiger partial charge in [0.2, 0.25) is 94.5 Å². The average molecular weight is 1570 g/mol. The number of aliphatic carboxylic acids is 1. The van der Waals surface area contributed by atoms with E-state index < -0.39 is 205 Å². The molecule has 0 aromatic heterocycles. The molecule has 616 valence electrons. The number of carbonyl (C=O) groups excluding carboxylic acids is 16. The van der Waals surface area contributed by atoms with Crippen LogP contribution in [0.5, 0.6) is 0 Å². The Kier molecular flexibility index (Phi) is 32.8. The maximum atomic E-state index is 14.8. The Hall–Kier alpha value is -10.5. The van der Waals surface area contributed by atoms with Crippen molar-refractivity contribution in [2.45, 2.75) is 240 Å². The summed E-state index contributed by atoms with van der Waals surface area (Å²) in [4.78, 5) is 250. The zero-order valence-corrected chi connectivity index (χ0v) is 63.2. The highest BCUT2D eigenvalue weighted by Gasteiger charge is 2.48. The Labute approximate surface area is 641 Å². The van der Waals surface area contributed by atoms with Gasteiger partial charge in [-0.3, -0.25) is 91.5 Å². The van der Waals surface area contributed by atoms with Crippen molar-refractivity contribution in [1.82, 2.24) is 77.3 Å². The van der Waals surface area contributed by atoms with E-state index in [1.165, 1.54) is 26.5 Å². The van der Waals surface area contributed by atoms with Crippen LogP contribution in [-0.4, -0.2) is 309 Å². The van der Waals surface area contributed by atoms with E-state index in [-0.39, 0.29) is 147 Å². The van der Waals surface area contributed by atoms with Crippen LogP contribution in [0, 0.1) is 5.92 Å². The summed E-state index contributed by atoms with van der Waals surface area (Å²) in [5, 5.41) is 43.2. The molecule has 14 atom stereocenters. The zero-order chi connectivity index (χ0) is 81.5. The van der Waals surface area contributed by atoms with Crippen LogP contribution in [0.25, 0.3) is 0 Å². The molecule has 7 saturated heterocycles. The van der Waals surface area contributed by atoms with E-state index in [1.54, 1.807) is 18.7 Å². The van der Waals surface area contributed by atoms with Crippen molar-refractivity contribution in [3.63, 3.8) is 0 Å². The van der Waals surface area contributed by atoms with Crippen molar-refractivity contribution in [1.29, 1.82) is 0 Å². The van der Waals surface area contributed by atoms with Gasteiger partial charge >= 0.3 is 5.97 Å². The van der Waals surface area contributed by atoms with Gasteiger partial charge in [-0.2, -0.15) is 0 Å². The minimum atomic E-state index is -1.80. The van der Waals surface area contributed by atoms with Crippen LogP contribution in [0.3, 0.4) is 0 Å². The van der Waals surface area contributed by atoms with Crippen LogP contribution in [0.2, 0.25) is 0 Å². The normalized spacial score (nSPS) is 22.7. The third-order valence-electron chi connectivity index (χ3n) is 21.0. The number of aliphatic hydroxyl groups excluding tert-OH is 1. The fourth-order valence-electron chi connectivity index (χ4n) is 15.4. The summed E-state index contributed by atoms with van der Waals surface area (Å²) in [7, 11) is 0. The molecule has 23 N–H and O–H groups in total. The second-order valence-electron chi connectivity index (χ2n) is 29.4. The topological polar surface area (TPSA) is 639 Å². The van der Waals surface area contributed by atoms with Crippen molar-refractivity contribution >= 4 is 112 Å². The number of carbonyl (C=O) groups is 17. The van der Waals surface area contributed by atoms with Crippen molar-refractivity contribution in [2.24, 2.45) is 50.3 Å². The summed E-state index contributed by atoms with van der Waals surface area (Å²) in [5.74, 6) is -15.0. The van der Waals surface area contributed by atoms with Crippen LogP contribution in [0.4, 0.5) is 0 Å². The van der Waals surface area contributed by atoms with Crippen LogP contribution in [0.1, 0.15) is 156 Å². The van der Waals surface area contributed by atoms with E-state index in [0.29, 0.717) is 51.6 Å². The third kappa shape index (κ3) is 24.0. The van der Waals surface area contributed by atoms with Gasteiger partial charge in [-0.25, -0.2) is 0 Å². The lowest BCUT2D eigenvalue weighted by molar-refractivity contribution is -0.148. The van der Waals surface area contributed by atoms with Crippen LogP contribution < -0.4 is 82.3 Å². The maximum absolute atomic E-state index is 14.8. The van der Waals surface area contributed by atoms with E-state index in [0.717, 1.165) is 11.3 Å². The molecule has 0 radical (unpaired) electrons. The molecule has 7 rings (SSSR count). The summed E-state index contributed by atoms with van der Waals surface area (Å²) >= 11 is 0. The van der Waals surface area contributed by atoms with Gasteiger partial charge in [0.1, 0.15) is 85.1 Å². The molecule has 0 spiro atoms. The molecule has 0 aromatic rings. The van der Waals surface area contributed by atoms with Gasteiger partial charge in [0.05, 0.1) is 19.1 Å². The smallest absolute Gasteiger partial charge is 0.322 e. The SMILES string of the molecule is CC(NC(=O)C(CCCN=C(N)N)NC(=O)C(CC(N)=O)NC(=O)C1CCCN1C(=O)C(CCCN=C(N)N)NC(=O)C(CO)NC(=O)C1CCCN1C(=O)C(NC(=O)C(CCC(N)=O)NC(=O)C1CCCN1C(=O)C1CCCN1C(=O)C1CCCN1)C(C)C)C(=O)N1CCCC1C(=O)N1CCCC1C(=O)NCC(=O)O. The largest absolute Gasteiger partial charge is 0.480 e. The van der Waals surface area contributed by atoms with Gasteiger partial charge in [0.25, 0.3) is 0 Å². The second-order valence-corrected chi connectivity index (χ2v) is 29.4. The quantitative estimate of drug-likeness (QED) is 0.0155. The number of aliphatic imine (C=N–C) groups is 2. The number of likely N-dealkylation sites (tertiary alicyclic amines) is 6. The van der Waals surface area contributed by atoms with E-state index in [9.17, 15) is 86.6 Å². The molecule has 0 aliphatic carbocycles. The molecular formula is C69H111N23O19. The highest BCUT2D eigenvalue weighted by Crippen LogP contribution is 2.30. The molecule has 7 aliphatic heterocycles. The number of carboxylic acids is 1. The third-order valence-corrected chi connectivity index (χ3v) is 21.0. The Morgan fingerprint density at radius 2 is 0.829 bits per heavy atom. The highest BCUT2D eigenvalue weighted by atomic mass is 16.4. The number of hydrogen-bond acceptors (Lipinski definition) is 21.